The number of rotatable bonds is 9. The average Bonchev–Trinajstić information content (AvgIpc) is 2.77. The Kier molecular flexibility index (Phi) is 8.87. The van der Waals surface area contributed by atoms with Crippen LogP contribution in [-0.2, 0) is 37.0 Å². The first kappa shape index (κ1) is 23.2. The van der Waals surface area contributed by atoms with E-state index in [-0.39, 0.29) is 13.2 Å². The molecule has 5 atom stereocenters. The summed E-state index contributed by atoms with van der Waals surface area (Å²) in [6.45, 7) is 2.13. The molecule has 9 heteroatoms. The summed E-state index contributed by atoms with van der Waals surface area (Å²) < 4.78 is 23.4. The summed E-state index contributed by atoms with van der Waals surface area (Å²) in [7, 11) is 0. The lowest BCUT2D eigenvalue weighted by Crippen LogP contribution is -2.58. The van der Waals surface area contributed by atoms with Gasteiger partial charge in [-0.2, -0.15) is 0 Å². The average molecular weight is 490 g/mol. The summed E-state index contributed by atoms with van der Waals surface area (Å²) in [5.41, 5.74) is 11.0. The minimum absolute atomic E-state index is 0.170. The normalized spacial score (nSPS) is 25.4. The molecule has 2 aromatic rings. The van der Waals surface area contributed by atoms with Gasteiger partial charge in [-0.1, -0.05) is 81.7 Å². The number of benzene rings is 2. The molecule has 0 aromatic heterocycles. The first-order chi connectivity index (χ1) is 15.1. The van der Waals surface area contributed by atoms with Crippen molar-refractivity contribution >= 4 is 21.9 Å². The summed E-state index contributed by atoms with van der Waals surface area (Å²) in [5, 5.41) is 3.21. The zero-order chi connectivity index (χ0) is 22.1. The van der Waals surface area contributed by atoms with Gasteiger partial charge < -0.3 is 18.9 Å². The second-order valence-corrected chi connectivity index (χ2v) is 7.96. The standard InChI is InChI=1S/C22H24BrN3O5/c1-15(27)30-20-18(14-28-12-16-8-4-2-5-9-16)31-22(23)19(25-26-24)21(20)29-13-17-10-6-3-7-11-17/h2-11,18-22H,12-14H2,1H3/t18-,19-,20-,21-,22+/m1/s1. The second-order valence-electron chi connectivity index (χ2n) is 7.06. The first-order valence-electron chi connectivity index (χ1n) is 9.86. The number of halogens is 1. The lowest BCUT2D eigenvalue weighted by molar-refractivity contribution is -0.208. The minimum atomic E-state index is -0.804. The van der Waals surface area contributed by atoms with Crippen LogP contribution >= 0.6 is 15.9 Å². The van der Waals surface area contributed by atoms with Crippen molar-refractivity contribution in [2.45, 2.75) is 49.5 Å². The molecule has 1 saturated heterocycles. The molecule has 0 spiro atoms. The molecule has 0 aliphatic carbocycles. The summed E-state index contributed by atoms with van der Waals surface area (Å²) in [5.74, 6) is -0.484. The van der Waals surface area contributed by atoms with Gasteiger partial charge in [0.25, 0.3) is 0 Å². The van der Waals surface area contributed by atoms with Gasteiger partial charge in [-0.05, 0) is 16.7 Å². The Morgan fingerprint density at radius 1 is 1.06 bits per heavy atom. The maximum absolute atomic E-state index is 11.8. The van der Waals surface area contributed by atoms with Crippen LogP contribution in [0.3, 0.4) is 0 Å². The van der Waals surface area contributed by atoms with Gasteiger partial charge in [0.1, 0.15) is 23.3 Å². The van der Waals surface area contributed by atoms with Crippen LogP contribution in [0.2, 0.25) is 0 Å². The Morgan fingerprint density at radius 3 is 2.26 bits per heavy atom. The van der Waals surface area contributed by atoms with E-state index in [2.05, 4.69) is 26.0 Å². The maximum Gasteiger partial charge on any atom is 0.303 e. The van der Waals surface area contributed by atoms with Crippen molar-refractivity contribution in [3.05, 3.63) is 82.2 Å². The van der Waals surface area contributed by atoms with Gasteiger partial charge in [-0.3, -0.25) is 4.79 Å². The molecule has 31 heavy (non-hydrogen) atoms. The summed E-state index contributed by atoms with van der Waals surface area (Å²) in [6, 6.07) is 18.6. The minimum Gasteiger partial charge on any atom is -0.457 e. The molecule has 1 heterocycles. The lowest BCUT2D eigenvalue weighted by atomic mass is 9.98. The van der Waals surface area contributed by atoms with Gasteiger partial charge in [-0.15, -0.1) is 0 Å². The zero-order valence-electron chi connectivity index (χ0n) is 17.0. The van der Waals surface area contributed by atoms with E-state index in [9.17, 15) is 4.79 Å². The van der Waals surface area contributed by atoms with E-state index >= 15 is 0 Å². The third kappa shape index (κ3) is 6.78. The quantitative estimate of drug-likeness (QED) is 0.169. The molecule has 1 aliphatic rings. The number of hydrogen-bond donors (Lipinski definition) is 0. The van der Waals surface area contributed by atoms with Crippen molar-refractivity contribution in [3.63, 3.8) is 0 Å². The van der Waals surface area contributed by atoms with Crippen molar-refractivity contribution in [2.75, 3.05) is 6.61 Å². The molecular formula is C22H24BrN3O5. The SMILES string of the molecule is CC(=O)O[C@H]1[C@H](OCc2ccccc2)[C@@H](N=[N+]=[N-])[C@@H](Br)O[C@@H]1COCc1ccccc1. The van der Waals surface area contributed by atoms with E-state index < -0.39 is 35.3 Å². The zero-order valence-corrected chi connectivity index (χ0v) is 18.6. The summed E-state index contributed by atoms with van der Waals surface area (Å²) in [4.78, 5) is 14.7. The highest BCUT2D eigenvalue weighted by Gasteiger charge is 2.47. The van der Waals surface area contributed by atoms with E-state index in [0.717, 1.165) is 11.1 Å². The van der Waals surface area contributed by atoms with Crippen molar-refractivity contribution in [2.24, 2.45) is 5.11 Å². The smallest absolute Gasteiger partial charge is 0.303 e. The fraction of sp³-hybridized carbons (Fsp3) is 0.409. The van der Waals surface area contributed by atoms with Crippen molar-refractivity contribution in [1.29, 1.82) is 0 Å². The van der Waals surface area contributed by atoms with Gasteiger partial charge in [0.2, 0.25) is 0 Å². The number of esters is 1. The Hall–Kier alpha value is -2.42. The molecule has 0 saturated carbocycles. The molecule has 0 unspecified atom stereocenters. The van der Waals surface area contributed by atoms with Crippen LogP contribution in [0.15, 0.2) is 65.8 Å². The molecular weight excluding hydrogens is 466 g/mol. The molecule has 0 N–H and O–H groups in total. The second kappa shape index (κ2) is 11.8. The number of carbonyl (C=O) groups excluding carboxylic acids is 1. The highest BCUT2D eigenvalue weighted by atomic mass is 79.9. The molecule has 1 fully saturated rings. The van der Waals surface area contributed by atoms with Gasteiger partial charge in [-0.25, -0.2) is 0 Å². The van der Waals surface area contributed by atoms with E-state index in [1.807, 2.05) is 60.7 Å². The van der Waals surface area contributed by atoms with Crippen LogP contribution in [-0.4, -0.2) is 41.9 Å². The van der Waals surface area contributed by atoms with Crippen LogP contribution in [0.5, 0.6) is 0 Å². The predicted octanol–water partition coefficient (Wildman–Crippen LogP) is 4.52. The Balaban J connectivity index is 1.75. The largest absolute Gasteiger partial charge is 0.457 e. The van der Waals surface area contributed by atoms with Gasteiger partial charge in [0.05, 0.1) is 19.8 Å². The monoisotopic (exact) mass is 489 g/mol. The van der Waals surface area contributed by atoms with E-state index in [1.165, 1.54) is 6.92 Å². The summed E-state index contributed by atoms with van der Waals surface area (Å²) in [6.07, 6.45) is -2.13. The van der Waals surface area contributed by atoms with Crippen LogP contribution in [0.1, 0.15) is 18.1 Å². The number of carbonyl (C=O) groups is 1. The number of hydrogen-bond acceptors (Lipinski definition) is 6. The molecule has 0 radical (unpaired) electrons. The van der Waals surface area contributed by atoms with Gasteiger partial charge in [0, 0.05) is 11.8 Å². The van der Waals surface area contributed by atoms with Gasteiger partial charge >= 0.3 is 5.97 Å². The van der Waals surface area contributed by atoms with E-state index in [1.54, 1.807) is 0 Å². The molecule has 3 rings (SSSR count). The van der Waals surface area contributed by atoms with E-state index in [4.69, 9.17) is 24.5 Å². The molecule has 1 aliphatic heterocycles. The van der Waals surface area contributed by atoms with Crippen LogP contribution in [0.4, 0.5) is 0 Å². The number of alkyl halides is 1. The molecule has 0 amide bonds. The van der Waals surface area contributed by atoms with Crippen molar-refractivity contribution in [1.82, 2.24) is 0 Å². The van der Waals surface area contributed by atoms with E-state index in [0.29, 0.717) is 6.61 Å². The van der Waals surface area contributed by atoms with Crippen LogP contribution in [0.25, 0.3) is 10.4 Å². The first-order valence-corrected chi connectivity index (χ1v) is 10.8. The predicted molar refractivity (Wildman–Crippen MR) is 117 cm³/mol. The van der Waals surface area contributed by atoms with Crippen molar-refractivity contribution in [3.8, 4) is 0 Å². The summed E-state index contributed by atoms with van der Waals surface area (Å²) >= 11 is 3.43. The fourth-order valence-electron chi connectivity index (χ4n) is 3.35. The highest BCUT2D eigenvalue weighted by Crippen LogP contribution is 2.32. The molecule has 0 bridgehead atoms. The Morgan fingerprint density at radius 2 is 1.68 bits per heavy atom. The van der Waals surface area contributed by atoms with Crippen LogP contribution < -0.4 is 0 Å². The van der Waals surface area contributed by atoms with Crippen LogP contribution in [0, 0.1) is 0 Å². The third-order valence-corrected chi connectivity index (χ3v) is 5.52. The Bertz CT molecular complexity index is 879. The topological polar surface area (TPSA) is 103 Å². The van der Waals surface area contributed by atoms with Gasteiger partial charge in [0.15, 0.2) is 6.10 Å². The number of ether oxygens (including phenoxy) is 4. The lowest BCUT2D eigenvalue weighted by Gasteiger charge is -2.42. The van der Waals surface area contributed by atoms with Crippen molar-refractivity contribution < 1.29 is 23.7 Å². The maximum atomic E-state index is 11.8. The fourth-order valence-corrected chi connectivity index (χ4v) is 4.04. The third-order valence-electron chi connectivity index (χ3n) is 4.77. The number of azide groups is 1. The Labute approximate surface area is 189 Å². The molecule has 2 aromatic carbocycles. The molecule has 164 valence electrons. The number of nitrogens with zero attached hydrogens (tertiary/aromatic N) is 3. The molecule has 8 nitrogen and oxygen atoms in total. The highest BCUT2D eigenvalue weighted by molar-refractivity contribution is 9.09.